The number of carbonyl (C=O) groups is 2. The molecule has 2 aromatic rings. The first kappa shape index (κ1) is 19.7. The van der Waals surface area contributed by atoms with Crippen molar-refractivity contribution in [2.24, 2.45) is 0 Å². The highest BCUT2D eigenvalue weighted by atomic mass is 16.2. The number of hydrogen-bond donors (Lipinski definition) is 1. The Kier molecular flexibility index (Phi) is 6.47. The molecule has 148 valence electrons. The van der Waals surface area contributed by atoms with Gasteiger partial charge in [-0.05, 0) is 44.2 Å². The molecule has 0 saturated carbocycles. The zero-order valence-corrected chi connectivity index (χ0v) is 16.5. The van der Waals surface area contributed by atoms with Crippen LogP contribution < -0.4 is 10.2 Å². The lowest BCUT2D eigenvalue weighted by atomic mass is 10.2. The van der Waals surface area contributed by atoms with Gasteiger partial charge in [-0.25, -0.2) is 0 Å². The van der Waals surface area contributed by atoms with Crippen LogP contribution >= 0.6 is 0 Å². The molecule has 1 aliphatic rings. The quantitative estimate of drug-likeness (QED) is 0.747. The fourth-order valence-corrected chi connectivity index (χ4v) is 3.35. The third-order valence-electron chi connectivity index (χ3n) is 5.02. The van der Waals surface area contributed by atoms with Crippen molar-refractivity contribution in [3.05, 3.63) is 48.3 Å². The molecule has 1 aromatic heterocycles. The average molecular weight is 381 g/mol. The van der Waals surface area contributed by atoms with Crippen LogP contribution in [0.25, 0.3) is 0 Å². The van der Waals surface area contributed by atoms with Crippen molar-refractivity contribution >= 4 is 29.4 Å². The van der Waals surface area contributed by atoms with E-state index in [2.05, 4.69) is 41.2 Å². The molecule has 7 heteroatoms. The normalized spacial score (nSPS) is 13.9. The first-order chi connectivity index (χ1) is 13.6. The van der Waals surface area contributed by atoms with Crippen molar-refractivity contribution in [1.82, 2.24) is 14.8 Å². The molecule has 1 aromatic carbocycles. The zero-order chi connectivity index (χ0) is 19.9. The number of nitrogens with zero attached hydrogens (tertiary/aromatic N) is 4. The number of piperazine rings is 1. The topological polar surface area (TPSA) is 68.8 Å². The van der Waals surface area contributed by atoms with Crippen LogP contribution in [0.2, 0.25) is 0 Å². The number of hydrogen-bond acceptors (Lipinski definition) is 5. The molecular weight excluding hydrogens is 354 g/mol. The third kappa shape index (κ3) is 4.60. The molecule has 3 rings (SSSR count). The van der Waals surface area contributed by atoms with Gasteiger partial charge in [-0.2, -0.15) is 0 Å². The van der Waals surface area contributed by atoms with E-state index >= 15 is 0 Å². The number of benzene rings is 1. The van der Waals surface area contributed by atoms with Crippen LogP contribution in [0, 0.1) is 0 Å². The number of nitrogens with one attached hydrogen (secondary N) is 1. The number of pyridine rings is 1. The van der Waals surface area contributed by atoms with Gasteiger partial charge < -0.3 is 20.0 Å². The van der Waals surface area contributed by atoms with Gasteiger partial charge >= 0.3 is 0 Å². The highest BCUT2D eigenvalue weighted by Crippen LogP contribution is 2.21. The number of amides is 2. The van der Waals surface area contributed by atoms with Gasteiger partial charge in [0.2, 0.25) is 6.41 Å². The minimum atomic E-state index is -0.0569. The summed E-state index contributed by atoms with van der Waals surface area (Å²) < 4.78 is 0. The van der Waals surface area contributed by atoms with Crippen molar-refractivity contribution < 1.29 is 9.59 Å². The molecule has 1 fully saturated rings. The highest BCUT2D eigenvalue weighted by molar-refractivity contribution is 5.95. The summed E-state index contributed by atoms with van der Waals surface area (Å²) in [6, 6.07) is 10.1. The van der Waals surface area contributed by atoms with E-state index in [9.17, 15) is 9.59 Å². The number of aromatic nitrogens is 1. The number of rotatable bonds is 7. The maximum atomic E-state index is 12.7. The van der Waals surface area contributed by atoms with Crippen LogP contribution in [0.3, 0.4) is 0 Å². The van der Waals surface area contributed by atoms with E-state index in [1.165, 1.54) is 5.69 Å². The lowest BCUT2D eigenvalue weighted by Crippen LogP contribution is -2.48. The maximum absolute atomic E-state index is 12.7. The predicted molar refractivity (Wildman–Crippen MR) is 111 cm³/mol. The smallest absolute Gasteiger partial charge is 0.255 e. The van der Waals surface area contributed by atoms with Crippen LogP contribution in [0.4, 0.5) is 17.1 Å². The molecule has 1 aliphatic heterocycles. The Bertz CT molecular complexity index is 797. The fraction of sp³-hybridized carbons (Fsp3) is 0.381. The molecular formula is C21H27N5O2. The summed E-state index contributed by atoms with van der Waals surface area (Å²) in [5, 5.41) is 3.31. The highest BCUT2D eigenvalue weighted by Gasteiger charge is 2.21. The van der Waals surface area contributed by atoms with E-state index in [0.717, 1.165) is 30.9 Å². The van der Waals surface area contributed by atoms with E-state index in [4.69, 9.17) is 0 Å². The molecule has 1 N–H and O–H groups in total. The standard InChI is InChI=1S/C21H27N5O2/c1-3-25(4-2)20-7-5-18(6-8-20)23-19-13-17(14-22-15-19)21(28)26-11-9-24(16-27)10-12-26/h5-8,13-16,23H,3-4,9-12H2,1-2H3. The van der Waals surface area contributed by atoms with Crippen LogP contribution in [-0.4, -0.2) is 66.4 Å². The lowest BCUT2D eigenvalue weighted by Gasteiger charge is -2.32. The van der Waals surface area contributed by atoms with E-state index in [0.29, 0.717) is 31.7 Å². The summed E-state index contributed by atoms with van der Waals surface area (Å²) in [7, 11) is 0. The minimum absolute atomic E-state index is 0.0569. The van der Waals surface area contributed by atoms with E-state index in [-0.39, 0.29) is 5.91 Å². The SMILES string of the molecule is CCN(CC)c1ccc(Nc2cncc(C(=O)N3CCN(C=O)CC3)c2)cc1. The van der Waals surface area contributed by atoms with E-state index in [1.807, 2.05) is 18.2 Å². The second-order valence-electron chi connectivity index (χ2n) is 6.74. The first-order valence-electron chi connectivity index (χ1n) is 9.70. The second kappa shape index (κ2) is 9.21. The molecule has 0 unspecified atom stereocenters. The van der Waals surface area contributed by atoms with Gasteiger partial charge in [0.25, 0.3) is 5.91 Å². The molecule has 0 spiro atoms. The fourth-order valence-electron chi connectivity index (χ4n) is 3.35. The summed E-state index contributed by atoms with van der Waals surface area (Å²) >= 11 is 0. The first-order valence-corrected chi connectivity index (χ1v) is 9.70. The Morgan fingerprint density at radius 3 is 2.36 bits per heavy atom. The Labute approximate surface area is 166 Å². The minimum Gasteiger partial charge on any atom is -0.372 e. The second-order valence-corrected chi connectivity index (χ2v) is 6.74. The molecule has 2 amide bonds. The van der Waals surface area contributed by atoms with Crippen LogP contribution in [0.15, 0.2) is 42.7 Å². The molecule has 0 radical (unpaired) electrons. The van der Waals surface area contributed by atoms with Gasteiger partial charge in [-0.15, -0.1) is 0 Å². The third-order valence-corrected chi connectivity index (χ3v) is 5.02. The lowest BCUT2D eigenvalue weighted by molar-refractivity contribution is -0.119. The Morgan fingerprint density at radius 2 is 1.75 bits per heavy atom. The summed E-state index contributed by atoms with van der Waals surface area (Å²) in [6.45, 7) is 8.45. The monoisotopic (exact) mass is 381 g/mol. The van der Waals surface area contributed by atoms with Crippen molar-refractivity contribution in [3.63, 3.8) is 0 Å². The van der Waals surface area contributed by atoms with E-state index in [1.54, 1.807) is 22.2 Å². The molecule has 0 atom stereocenters. The van der Waals surface area contributed by atoms with Gasteiger partial charge in [0.15, 0.2) is 0 Å². The Balaban J connectivity index is 1.66. The molecule has 7 nitrogen and oxygen atoms in total. The Morgan fingerprint density at radius 1 is 1.07 bits per heavy atom. The molecule has 0 aliphatic carbocycles. The maximum Gasteiger partial charge on any atom is 0.255 e. The largest absolute Gasteiger partial charge is 0.372 e. The summed E-state index contributed by atoms with van der Waals surface area (Å²) in [6.07, 6.45) is 4.13. The van der Waals surface area contributed by atoms with Crippen molar-refractivity contribution in [1.29, 1.82) is 0 Å². The van der Waals surface area contributed by atoms with Crippen LogP contribution in [0.1, 0.15) is 24.2 Å². The molecule has 1 saturated heterocycles. The van der Waals surface area contributed by atoms with Crippen molar-refractivity contribution in [3.8, 4) is 0 Å². The van der Waals surface area contributed by atoms with Gasteiger partial charge in [-0.1, -0.05) is 0 Å². The summed E-state index contributed by atoms with van der Waals surface area (Å²) in [5.41, 5.74) is 3.45. The van der Waals surface area contributed by atoms with Crippen molar-refractivity contribution in [2.45, 2.75) is 13.8 Å². The molecule has 0 bridgehead atoms. The predicted octanol–water partition coefficient (Wildman–Crippen LogP) is 2.59. The van der Waals surface area contributed by atoms with Gasteiger partial charge in [0, 0.05) is 56.8 Å². The van der Waals surface area contributed by atoms with Gasteiger partial charge in [0.1, 0.15) is 0 Å². The van der Waals surface area contributed by atoms with Crippen LogP contribution in [0.5, 0.6) is 0 Å². The average Bonchev–Trinajstić information content (AvgIpc) is 2.75. The van der Waals surface area contributed by atoms with Gasteiger partial charge in [0.05, 0.1) is 17.4 Å². The van der Waals surface area contributed by atoms with Crippen LogP contribution in [-0.2, 0) is 4.79 Å². The van der Waals surface area contributed by atoms with Gasteiger partial charge in [-0.3, -0.25) is 14.6 Å². The number of anilines is 3. The Hall–Kier alpha value is -3.09. The molecule has 28 heavy (non-hydrogen) atoms. The van der Waals surface area contributed by atoms with E-state index < -0.39 is 0 Å². The zero-order valence-electron chi connectivity index (χ0n) is 16.5. The summed E-state index contributed by atoms with van der Waals surface area (Å²) in [5.74, 6) is -0.0569. The summed E-state index contributed by atoms with van der Waals surface area (Å²) in [4.78, 5) is 33.5. The van der Waals surface area contributed by atoms with Crippen molar-refractivity contribution in [2.75, 3.05) is 49.5 Å². The number of carbonyl (C=O) groups excluding carboxylic acids is 2. The molecule has 2 heterocycles.